The molecule has 0 heterocycles. The van der Waals surface area contributed by atoms with Crippen LogP contribution in [-0.4, -0.2) is 33.3 Å². The van der Waals surface area contributed by atoms with Crippen LogP contribution in [0.15, 0.2) is 42.5 Å². The first kappa shape index (κ1) is 18.5. The largest absolute Gasteiger partial charge is 0.491 e. The zero-order valence-electron chi connectivity index (χ0n) is 14.2. The van der Waals surface area contributed by atoms with Crippen molar-refractivity contribution >= 4 is 17.4 Å². The first-order valence-electron chi connectivity index (χ1n) is 7.85. The highest BCUT2D eigenvalue weighted by Gasteiger charge is 2.12. The number of urea groups is 1. The number of methoxy groups -OCH3 is 1. The second-order valence-electron chi connectivity index (χ2n) is 5.46. The average Bonchev–Trinajstić information content (AvgIpc) is 2.59. The van der Waals surface area contributed by atoms with Gasteiger partial charge in [-0.25, -0.2) is 13.6 Å². The maximum atomic E-state index is 13.6. The molecule has 134 valence electrons. The lowest BCUT2D eigenvalue weighted by Gasteiger charge is -2.19. The Bertz CT molecular complexity index is 688. The number of benzene rings is 2. The Morgan fingerprint density at radius 2 is 1.80 bits per heavy atom. The van der Waals surface area contributed by atoms with Crippen molar-refractivity contribution in [3.8, 4) is 5.75 Å². The van der Waals surface area contributed by atoms with Crippen molar-refractivity contribution in [3.63, 3.8) is 0 Å². The van der Waals surface area contributed by atoms with Gasteiger partial charge in [0, 0.05) is 43.6 Å². The van der Waals surface area contributed by atoms with Crippen molar-refractivity contribution in [2.45, 2.75) is 6.42 Å². The van der Waals surface area contributed by atoms with E-state index in [-0.39, 0.29) is 5.69 Å². The number of anilines is 2. The summed E-state index contributed by atoms with van der Waals surface area (Å²) in [6.45, 7) is 1.19. The van der Waals surface area contributed by atoms with Crippen molar-refractivity contribution in [3.05, 3.63) is 54.1 Å². The highest BCUT2D eigenvalue weighted by molar-refractivity contribution is 5.89. The van der Waals surface area contributed by atoms with Gasteiger partial charge in [-0.05, 0) is 18.6 Å². The minimum atomic E-state index is -0.873. The van der Waals surface area contributed by atoms with Crippen molar-refractivity contribution in [2.75, 3.05) is 37.5 Å². The molecule has 0 radical (unpaired) electrons. The number of halogens is 2. The van der Waals surface area contributed by atoms with Gasteiger partial charge in [0.15, 0.2) is 17.4 Å². The van der Waals surface area contributed by atoms with E-state index in [0.29, 0.717) is 6.54 Å². The fourth-order valence-electron chi connectivity index (χ4n) is 2.33. The van der Waals surface area contributed by atoms with E-state index in [1.54, 1.807) is 0 Å². The lowest BCUT2D eigenvalue weighted by atomic mass is 10.2. The Morgan fingerprint density at radius 3 is 2.40 bits per heavy atom. The van der Waals surface area contributed by atoms with Gasteiger partial charge in [0.2, 0.25) is 0 Å². The fourth-order valence-corrected chi connectivity index (χ4v) is 2.33. The SMILES string of the molecule is COc1c(F)cc(NC(=O)NCCCN(C)c2ccccc2)cc1F. The zero-order valence-corrected chi connectivity index (χ0v) is 14.2. The Labute approximate surface area is 145 Å². The summed E-state index contributed by atoms with van der Waals surface area (Å²) < 4.78 is 31.7. The Balaban J connectivity index is 1.76. The molecule has 0 unspecified atom stereocenters. The van der Waals surface area contributed by atoms with E-state index >= 15 is 0 Å². The van der Waals surface area contributed by atoms with Crippen LogP contribution in [0.3, 0.4) is 0 Å². The number of amides is 2. The van der Waals surface area contributed by atoms with Crippen molar-refractivity contribution < 1.29 is 18.3 Å². The minimum absolute atomic E-state index is 0.0229. The Morgan fingerprint density at radius 1 is 1.16 bits per heavy atom. The maximum absolute atomic E-state index is 13.6. The number of carbonyl (C=O) groups is 1. The number of nitrogens with zero attached hydrogens (tertiary/aromatic N) is 1. The molecule has 0 saturated carbocycles. The van der Waals surface area contributed by atoms with Crippen LogP contribution in [0.25, 0.3) is 0 Å². The third-order valence-corrected chi connectivity index (χ3v) is 3.61. The van der Waals surface area contributed by atoms with Crippen LogP contribution in [-0.2, 0) is 0 Å². The third kappa shape index (κ3) is 5.34. The lowest BCUT2D eigenvalue weighted by Crippen LogP contribution is -2.31. The van der Waals surface area contributed by atoms with Gasteiger partial charge in [-0.1, -0.05) is 18.2 Å². The zero-order chi connectivity index (χ0) is 18.2. The van der Waals surface area contributed by atoms with Crippen molar-refractivity contribution in [1.29, 1.82) is 0 Å². The number of nitrogens with one attached hydrogen (secondary N) is 2. The molecule has 0 fully saturated rings. The quantitative estimate of drug-likeness (QED) is 0.751. The molecule has 2 rings (SSSR count). The molecule has 2 N–H and O–H groups in total. The molecule has 0 saturated heterocycles. The minimum Gasteiger partial charge on any atom is -0.491 e. The Hall–Kier alpha value is -2.83. The van der Waals surface area contributed by atoms with Gasteiger partial charge in [0.05, 0.1) is 7.11 Å². The summed E-state index contributed by atoms with van der Waals surface area (Å²) in [5, 5.41) is 5.05. The number of rotatable bonds is 7. The van der Waals surface area contributed by atoms with Gasteiger partial charge < -0.3 is 20.3 Å². The molecule has 2 aromatic rings. The van der Waals surface area contributed by atoms with Crippen molar-refractivity contribution in [2.24, 2.45) is 0 Å². The summed E-state index contributed by atoms with van der Waals surface area (Å²) in [7, 11) is 3.14. The molecule has 0 aromatic heterocycles. The number of ether oxygens (including phenoxy) is 1. The summed E-state index contributed by atoms with van der Waals surface area (Å²) in [5.41, 5.74) is 1.12. The van der Waals surface area contributed by atoms with Crippen LogP contribution in [0.2, 0.25) is 0 Å². The van der Waals surface area contributed by atoms with E-state index in [4.69, 9.17) is 0 Å². The molecule has 0 aliphatic heterocycles. The van der Waals surface area contributed by atoms with Gasteiger partial charge in [0.1, 0.15) is 0 Å². The van der Waals surface area contributed by atoms with Gasteiger partial charge in [0.25, 0.3) is 0 Å². The first-order valence-corrected chi connectivity index (χ1v) is 7.85. The molecule has 0 aliphatic rings. The van der Waals surface area contributed by atoms with Gasteiger partial charge in [-0.3, -0.25) is 0 Å². The average molecular weight is 349 g/mol. The summed E-state index contributed by atoms with van der Waals surface area (Å²) >= 11 is 0. The predicted molar refractivity (Wildman–Crippen MR) is 94.3 cm³/mol. The number of hydrogen-bond donors (Lipinski definition) is 2. The second kappa shape index (κ2) is 8.86. The number of carbonyl (C=O) groups excluding carboxylic acids is 1. The standard InChI is InChI=1S/C18H21F2N3O2/c1-23(14-7-4-3-5-8-14)10-6-9-21-18(24)22-13-11-15(19)17(25-2)16(20)12-13/h3-5,7-8,11-12H,6,9-10H2,1-2H3,(H2,21,22,24). The highest BCUT2D eigenvalue weighted by atomic mass is 19.1. The molecule has 25 heavy (non-hydrogen) atoms. The molecule has 2 aromatic carbocycles. The van der Waals surface area contributed by atoms with E-state index in [0.717, 1.165) is 30.8 Å². The fraction of sp³-hybridized carbons (Fsp3) is 0.278. The van der Waals surface area contributed by atoms with Gasteiger partial charge in [-0.2, -0.15) is 0 Å². The summed E-state index contributed by atoms with van der Waals surface area (Å²) in [6, 6.07) is 11.4. The molecule has 7 heteroatoms. The number of para-hydroxylation sites is 1. The van der Waals surface area contributed by atoms with Crippen LogP contribution in [0, 0.1) is 11.6 Å². The maximum Gasteiger partial charge on any atom is 0.319 e. The summed E-state index contributed by atoms with van der Waals surface area (Å²) in [4.78, 5) is 13.9. The highest BCUT2D eigenvalue weighted by Crippen LogP contribution is 2.25. The second-order valence-corrected chi connectivity index (χ2v) is 5.46. The molecule has 0 bridgehead atoms. The van der Waals surface area contributed by atoms with Gasteiger partial charge in [-0.15, -0.1) is 0 Å². The third-order valence-electron chi connectivity index (χ3n) is 3.61. The normalized spacial score (nSPS) is 10.2. The molecule has 0 aliphatic carbocycles. The van der Waals surface area contributed by atoms with E-state index < -0.39 is 23.4 Å². The first-order chi connectivity index (χ1) is 12.0. The van der Waals surface area contributed by atoms with Crippen LogP contribution >= 0.6 is 0 Å². The van der Waals surface area contributed by atoms with Gasteiger partial charge >= 0.3 is 6.03 Å². The van der Waals surface area contributed by atoms with Crippen LogP contribution < -0.4 is 20.3 Å². The Kier molecular flexibility index (Phi) is 6.56. The number of hydrogen-bond acceptors (Lipinski definition) is 3. The summed E-state index contributed by atoms with van der Waals surface area (Å²) in [6.07, 6.45) is 0.726. The molecule has 2 amide bonds. The van der Waals surface area contributed by atoms with E-state index in [1.165, 1.54) is 7.11 Å². The molecule has 0 atom stereocenters. The molecular formula is C18H21F2N3O2. The predicted octanol–water partition coefficient (Wildman–Crippen LogP) is 3.62. The molecule has 0 spiro atoms. The smallest absolute Gasteiger partial charge is 0.319 e. The van der Waals surface area contributed by atoms with Crippen LogP contribution in [0.5, 0.6) is 5.75 Å². The van der Waals surface area contributed by atoms with Crippen LogP contribution in [0.1, 0.15) is 6.42 Å². The monoisotopic (exact) mass is 349 g/mol. The van der Waals surface area contributed by atoms with E-state index in [1.807, 2.05) is 37.4 Å². The summed E-state index contributed by atoms with van der Waals surface area (Å²) in [5.74, 6) is -2.22. The topological polar surface area (TPSA) is 53.6 Å². The van der Waals surface area contributed by atoms with Crippen molar-refractivity contribution in [1.82, 2.24) is 5.32 Å². The molecular weight excluding hydrogens is 328 g/mol. The van der Waals surface area contributed by atoms with E-state index in [2.05, 4.69) is 20.3 Å². The van der Waals surface area contributed by atoms with E-state index in [9.17, 15) is 13.6 Å². The lowest BCUT2D eigenvalue weighted by molar-refractivity contribution is 0.252. The molecule has 5 nitrogen and oxygen atoms in total. The van der Waals surface area contributed by atoms with Crippen LogP contribution in [0.4, 0.5) is 25.0 Å².